The van der Waals surface area contributed by atoms with E-state index < -0.39 is 0 Å². The second-order valence-electron chi connectivity index (χ2n) is 6.19. The molecule has 2 rings (SSSR count). The van der Waals surface area contributed by atoms with E-state index in [2.05, 4.69) is 34.4 Å². The van der Waals surface area contributed by atoms with Crippen molar-refractivity contribution in [1.29, 1.82) is 0 Å². The van der Waals surface area contributed by atoms with Crippen LogP contribution in [0.5, 0.6) is 5.75 Å². The monoisotopic (exact) mass is 328 g/mol. The van der Waals surface area contributed by atoms with Gasteiger partial charge in [0, 0.05) is 18.4 Å². The Kier molecular flexibility index (Phi) is 6.12. The molecule has 1 heterocycles. The van der Waals surface area contributed by atoms with Crippen LogP contribution in [0.2, 0.25) is 0 Å². The van der Waals surface area contributed by atoms with Crippen molar-refractivity contribution >= 4 is 17.5 Å². The molecule has 0 aliphatic carbocycles. The molecule has 0 spiro atoms. The molecule has 0 atom stereocenters. The zero-order valence-electron chi connectivity index (χ0n) is 14.5. The number of anilines is 2. The lowest BCUT2D eigenvalue weighted by atomic mass is 10.2. The lowest BCUT2D eigenvalue weighted by molar-refractivity contribution is 0.102. The third-order valence-corrected chi connectivity index (χ3v) is 3.04. The summed E-state index contributed by atoms with van der Waals surface area (Å²) in [5.41, 5.74) is 1.00. The molecule has 0 radical (unpaired) electrons. The molecule has 1 aromatic heterocycles. The van der Waals surface area contributed by atoms with Gasteiger partial charge in [0.1, 0.15) is 11.4 Å². The lowest BCUT2D eigenvalue weighted by Gasteiger charge is -2.11. The zero-order chi connectivity index (χ0) is 17.5. The largest absolute Gasteiger partial charge is 0.491 e. The van der Waals surface area contributed by atoms with Crippen LogP contribution in [0.3, 0.4) is 0 Å². The van der Waals surface area contributed by atoms with Gasteiger partial charge in [0.25, 0.3) is 5.91 Å². The number of carbonyl (C=O) groups excluding carboxylic acids is 1. The van der Waals surface area contributed by atoms with Gasteiger partial charge in [0.15, 0.2) is 0 Å². The quantitative estimate of drug-likeness (QED) is 0.812. The van der Waals surface area contributed by atoms with Crippen molar-refractivity contribution in [3.63, 3.8) is 0 Å². The highest BCUT2D eigenvalue weighted by Gasteiger charge is 2.10. The molecule has 2 N–H and O–H groups in total. The number of benzene rings is 1. The van der Waals surface area contributed by atoms with Gasteiger partial charge in [-0.05, 0) is 50.1 Å². The Balaban J connectivity index is 2.00. The lowest BCUT2D eigenvalue weighted by Crippen LogP contribution is -2.16. The summed E-state index contributed by atoms with van der Waals surface area (Å²) in [6.07, 6.45) is 1.69. The average molecular weight is 328 g/mol. The Morgan fingerprint density at radius 2 is 1.83 bits per heavy atom. The maximum atomic E-state index is 12.3. The van der Waals surface area contributed by atoms with Crippen molar-refractivity contribution in [2.45, 2.75) is 33.8 Å². The number of nitrogens with one attached hydrogen (secondary N) is 2. The van der Waals surface area contributed by atoms with Gasteiger partial charge in [-0.25, -0.2) is 9.97 Å². The van der Waals surface area contributed by atoms with Gasteiger partial charge >= 0.3 is 0 Å². The Morgan fingerprint density at radius 3 is 2.46 bits per heavy atom. The van der Waals surface area contributed by atoms with Gasteiger partial charge in [-0.1, -0.05) is 13.8 Å². The first-order valence-corrected chi connectivity index (χ1v) is 8.09. The maximum Gasteiger partial charge on any atom is 0.274 e. The third-order valence-electron chi connectivity index (χ3n) is 3.04. The Labute approximate surface area is 142 Å². The van der Waals surface area contributed by atoms with Crippen LogP contribution in [-0.4, -0.2) is 28.5 Å². The molecular weight excluding hydrogens is 304 g/mol. The molecule has 1 amide bonds. The van der Waals surface area contributed by atoms with Crippen LogP contribution < -0.4 is 15.4 Å². The predicted octanol–water partition coefficient (Wildman–Crippen LogP) is 3.58. The van der Waals surface area contributed by atoms with Crippen molar-refractivity contribution in [1.82, 2.24) is 9.97 Å². The molecule has 1 aromatic carbocycles. The predicted molar refractivity (Wildman–Crippen MR) is 95.5 cm³/mol. The van der Waals surface area contributed by atoms with Crippen LogP contribution >= 0.6 is 0 Å². The van der Waals surface area contributed by atoms with Crippen LogP contribution in [0.15, 0.2) is 36.5 Å². The Bertz CT molecular complexity index is 669. The Hall–Kier alpha value is -2.63. The van der Waals surface area contributed by atoms with Gasteiger partial charge in [0.2, 0.25) is 5.95 Å². The first-order chi connectivity index (χ1) is 11.4. The van der Waals surface area contributed by atoms with E-state index in [1.807, 2.05) is 26.0 Å². The van der Waals surface area contributed by atoms with E-state index in [1.165, 1.54) is 0 Å². The minimum absolute atomic E-state index is 0.114. The SMILES string of the molecule is CC(C)CNc1nccc(C(=O)Nc2ccc(OC(C)C)cc2)n1. The number of ether oxygens (including phenoxy) is 1. The summed E-state index contributed by atoms with van der Waals surface area (Å²) >= 11 is 0. The summed E-state index contributed by atoms with van der Waals surface area (Å²) in [4.78, 5) is 20.7. The second-order valence-corrected chi connectivity index (χ2v) is 6.19. The fourth-order valence-electron chi connectivity index (χ4n) is 1.95. The van der Waals surface area contributed by atoms with Crippen LogP contribution in [-0.2, 0) is 0 Å². The van der Waals surface area contributed by atoms with Crippen LogP contribution in [0.4, 0.5) is 11.6 Å². The Morgan fingerprint density at radius 1 is 1.12 bits per heavy atom. The zero-order valence-corrected chi connectivity index (χ0v) is 14.5. The molecular formula is C18H24N4O2. The maximum absolute atomic E-state index is 12.3. The number of hydrogen-bond acceptors (Lipinski definition) is 5. The third kappa shape index (κ3) is 5.53. The van der Waals surface area contributed by atoms with E-state index >= 15 is 0 Å². The molecule has 6 nitrogen and oxygen atoms in total. The van der Waals surface area contributed by atoms with Crippen LogP contribution in [0.1, 0.15) is 38.2 Å². The van der Waals surface area contributed by atoms with E-state index in [9.17, 15) is 4.79 Å². The number of rotatable bonds is 7. The van der Waals surface area contributed by atoms with E-state index in [1.54, 1.807) is 24.4 Å². The topological polar surface area (TPSA) is 76.1 Å². The summed E-state index contributed by atoms with van der Waals surface area (Å²) in [5.74, 6) is 1.42. The van der Waals surface area contributed by atoms with Crippen LogP contribution in [0, 0.1) is 5.92 Å². The number of nitrogens with zero attached hydrogens (tertiary/aromatic N) is 2. The van der Waals surface area contributed by atoms with Gasteiger partial charge in [0.05, 0.1) is 6.10 Å². The summed E-state index contributed by atoms with van der Waals surface area (Å²) < 4.78 is 5.58. The van der Waals surface area contributed by atoms with Crippen molar-refractivity contribution in [2.75, 3.05) is 17.2 Å². The number of amides is 1. The first-order valence-electron chi connectivity index (χ1n) is 8.09. The molecule has 128 valence electrons. The van der Waals surface area contributed by atoms with Gasteiger partial charge in [-0.2, -0.15) is 0 Å². The fraction of sp³-hybridized carbons (Fsp3) is 0.389. The normalized spacial score (nSPS) is 10.8. The van der Waals surface area contributed by atoms with Crippen LogP contribution in [0.25, 0.3) is 0 Å². The molecule has 0 aliphatic heterocycles. The molecule has 6 heteroatoms. The van der Waals surface area contributed by atoms with Crippen molar-refractivity contribution in [3.8, 4) is 5.75 Å². The minimum atomic E-state index is -0.275. The molecule has 2 aromatic rings. The molecule has 0 aliphatic rings. The summed E-state index contributed by atoms with van der Waals surface area (Å²) in [6, 6.07) is 8.84. The van der Waals surface area contributed by atoms with E-state index in [0.717, 1.165) is 12.3 Å². The van der Waals surface area contributed by atoms with E-state index in [-0.39, 0.29) is 12.0 Å². The van der Waals surface area contributed by atoms with Gasteiger partial charge in [-0.15, -0.1) is 0 Å². The van der Waals surface area contributed by atoms with E-state index in [4.69, 9.17) is 4.74 Å². The molecule has 24 heavy (non-hydrogen) atoms. The summed E-state index contributed by atoms with van der Waals surface area (Å²) in [6.45, 7) is 8.88. The van der Waals surface area contributed by atoms with Crippen molar-refractivity contribution < 1.29 is 9.53 Å². The minimum Gasteiger partial charge on any atom is -0.491 e. The molecule has 0 saturated carbocycles. The van der Waals surface area contributed by atoms with Gasteiger partial charge in [-0.3, -0.25) is 4.79 Å². The fourth-order valence-corrected chi connectivity index (χ4v) is 1.95. The highest BCUT2D eigenvalue weighted by Crippen LogP contribution is 2.17. The van der Waals surface area contributed by atoms with Crippen molar-refractivity contribution in [2.24, 2.45) is 5.92 Å². The van der Waals surface area contributed by atoms with Crippen molar-refractivity contribution in [3.05, 3.63) is 42.2 Å². The summed E-state index contributed by atoms with van der Waals surface area (Å²) in [5, 5.41) is 5.93. The summed E-state index contributed by atoms with van der Waals surface area (Å²) in [7, 11) is 0. The number of hydrogen-bond donors (Lipinski definition) is 2. The first kappa shape index (κ1) is 17.7. The molecule has 0 saturated heterocycles. The van der Waals surface area contributed by atoms with Gasteiger partial charge < -0.3 is 15.4 Å². The number of aromatic nitrogens is 2. The molecule has 0 bridgehead atoms. The smallest absolute Gasteiger partial charge is 0.274 e. The standard InChI is InChI=1S/C18H24N4O2/c1-12(2)11-20-18-19-10-9-16(22-18)17(23)21-14-5-7-15(8-6-14)24-13(3)4/h5-10,12-13H,11H2,1-4H3,(H,21,23)(H,19,20,22). The highest BCUT2D eigenvalue weighted by atomic mass is 16.5. The molecule has 0 fully saturated rings. The van der Waals surface area contributed by atoms with E-state index in [0.29, 0.717) is 23.2 Å². The number of carbonyl (C=O) groups is 1. The molecule has 0 unspecified atom stereocenters. The average Bonchev–Trinajstić information content (AvgIpc) is 2.54. The highest BCUT2D eigenvalue weighted by molar-refractivity contribution is 6.02. The second kappa shape index (κ2) is 8.29.